The van der Waals surface area contributed by atoms with Gasteiger partial charge in [0.15, 0.2) is 5.76 Å². The lowest BCUT2D eigenvalue weighted by Crippen LogP contribution is -2.49. The van der Waals surface area contributed by atoms with Crippen molar-refractivity contribution in [2.24, 2.45) is 0 Å². The van der Waals surface area contributed by atoms with Crippen LogP contribution in [0.4, 0.5) is 11.4 Å². The van der Waals surface area contributed by atoms with Gasteiger partial charge >= 0.3 is 0 Å². The predicted octanol–water partition coefficient (Wildman–Crippen LogP) is 4.44. The lowest BCUT2D eigenvalue weighted by molar-refractivity contribution is -0.384. The van der Waals surface area contributed by atoms with Crippen molar-refractivity contribution in [2.75, 3.05) is 31.1 Å². The lowest BCUT2D eigenvalue weighted by atomic mass is 10.2. The highest BCUT2D eigenvalue weighted by molar-refractivity contribution is 7.98. The highest BCUT2D eigenvalue weighted by Gasteiger charge is 2.28. The third kappa shape index (κ3) is 4.33. The second-order valence-corrected chi connectivity index (χ2v) is 7.95. The van der Waals surface area contributed by atoms with Crippen molar-refractivity contribution in [3.63, 3.8) is 0 Å². The van der Waals surface area contributed by atoms with Gasteiger partial charge in [-0.05, 0) is 24.3 Å². The van der Waals surface area contributed by atoms with Crippen LogP contribution in [0.2, 0.25) is 0 Å². The van der Waals surface area contributed by atoms with E-state index in [9.17, 15) is 14.9 Å². The van der Waals surface area contributed by atoms with Gasteiger partial charge in [-0.25, -0.2) is 0 Å². The molecular formula is C22H21N3O4S. The Morgan fingerprint density at radius 3 is 2.43 bits per heavy atom. The number of carbonyl (C=O) groups excluding carboxylic acids is 1. The molecule has 2 aromatic carbocycles. The summed E-state index contributed by atoms with van der Waals surface area (Å²) in [6.07, 6.45) is 1.55. The maximum absolute atomic E-state index is 13.0. The molecule has 0 bridgehead atoms. The molecule has 4 rings (SSSR count). The first-order valence-electron chi connectivity index (χ1n) is 9.65. The number of furan rings is 1. The van der Waals surface area contributed by atoms with E-state index in [1.165, 1.54) is 6.07 Å². The molecule has 8 heteroatoms. The zero-order valence-electron chi connectivity index (χ0n) is 16.3. The summed E-state index contributed by atoms with van der Waals surface area (Å²) in [6.45, 7) is 2.03. The number of thioether (sulfide) groups is 1. The molecule has 1 aliphatic heterocycles. The summed E-state index contributed by atoms with van der Waals surface area (Å²) in [4.78, 5) is 28.8. The van der Waals surface area contributed by atoms with Crippen LogP contribution in [-0.2, 0) is 5.75 Å². The van der Waals surface area contributed by atoms with Gasteiger partial charge in [-0.3, -0.25) is 14.9 Å². The van der Waals surface area contributed by atoms with Crippen LogP contribution in [-0.4, -0.2) is 41.9 Å². The second-order valence-electron chi connectivity index (χ2n) is 6.90. The minimum atomic E-state index is -0.369. The highest BCUT2D eigenvalue weighted by atomic mass is 32.2. The van der Waals surface area contributed by atoms with Gasteiger partial charge in [-0.2, -0.15) is 0 Å². The van der Waals surface area contributed by atoms with Crippen LogP contribution >= 0.6 is 11.8 Å². The van der Waals surface area contributed by atoms with Crippen molar-refractivity contribution in [3.8, 4) is 0 Å². The smallest absolute Gasteiger partial charge is 0.292 e. The van der Waals surface area contributed by atoms with Crippen LogP contribution in [0.5, 0.6) is 0 Å². The summed E-state index contributed by atoms with van der Waals surface area (Å²) < 4.78 is 5.52. The molecule has 0 N–H and O–H groups in total. The normalized spacial score (nSPS) is 14.0. The Kier molecular flexibility index (Phi) is 6.04. The number of piperazine rings is 1. The Morgan fingerprint density at radius 2 is 1.70 bits per heavy atom. The highest BCUT2D eigenvalue weighted by Crippen LogP contribution is 2.29. The van der Waals surface area contributed by atoms with E-state index in [0.29, 0.717) is 43.4 Å². The molecule has 0 atom stereocenters. The van der Waals surface area contributed by atoms with Crippen LogP contribution in [0.3, 0.4) is 0 Å². The molecule has 7 nitrogen and oxygen atoms in total. The zero-order chi connectivity index (χ0) is 20.9. The molecule has 154 valence electrons. The predicted molar refractivity (Wildman–Crippen MR) is 116 cm³/mol. The number of nitro benzene ring substituents is 1. The first-order valence-corrected chi connectivity index (χ1v) is 10.6. The van der Waals surface area contributed by atoms with E-state index in [2.05, 4.69) is 0 Å². The van der Waals surface area contributed by atoms with Gasteiger partial charge in [0, 0.05) is 48.5 Å². The average molecular weight is 423 g/mol. The molecule has 1 saturated heterocycles. The van der Waals surface area contributed by atoms with Gasteiger partial charge < -0.3 is 14.2 Å². The molecule has 0 unspecified atom stereocenters. The number of rotatable bonds is 6. The van der Waals surface area contributed by atoms with Crippen molar-refractivity contribution in [1.29, 1.82) is 0 Å². The molecular weight excluding hydrogens is 402 g/mol. The number of carbonyl (C=O) groups is 1. The topological polar surface area (TPSA) is 79.8 Å². The van der Waals surface area contributed by atoms with E-state index >= 15 is 0 Å². The number of para-hydroxylation sites is 2. The summed E-state index contributed by atoms with van der Waals surface area (Å²) in [7, 11) is 0. The zero-order valence-corrected chi connectivity index (χ0v) is 17.1. The van der Waals surface area contributed by atoms with Gasteiger partial charge in [0.1, 0.15) is 5.69 Å². The van der Waals surface area contributed by atoms with E-state index < -0.39 is 0 Å². The fourth-order valence-corrected chi connectivity index (χ4v) is 4.39. The average Bonchev–Trinajstić information content (AvgIpc) is 3.26. The summed E-state index contributed by atoms with van der Waals surface area (Å²) in [5.41, 5.74) is 1.55. The van der Waals surface area contributed by atoms with Crippen molar-refractivity contribution < 1.29 is 14.1 Å². The SMILES string of the molecule is O=C(c1occc1CSc1ccccc1)N1CCN(c2ccccc2[N+](=O)[O-])CC1. The molecule has 3 aromatic rings. The number of hydrogen-bond acceptors (Lipinski definition) is 6. The van der Waals surface area contributed by atoms with Crippen LogP contribution in [0.1, 0.15) is 16.1 Å². The van der Waals surface area contributed by atoms with Crippen LogP contribution < -0.4 is 4.90 Å². The second kappa shape index (κ2) is 9.04. The number of amides is 1. The molecule has 2 heterocycles. The first kappa shape index (κ1) is 20.0. The minimum Gasteiger partial charge on any atom is -0.459 e. The van der Waals surface area contributed by atoms with Crippen LogP contribution in [0, 0.1) is 10.1 Å². The summed E-state index contributed by atoms with van der Waals surface area (Å²) in [6, 6.07) is 18.6. The van der Waals surface area contributed by atoms with E-state index in [0.717, 1.165) is 10.5 Å². The Hall–Kier alpha value is -3.26. The molecule has 0 spiro atoms. The quantitative estimate of drug-likeness (QED) is 0.331. The largest absolute Gasteiger partial charge is 0.459 e. The third-order valence-corrected chi connectivity index (χ3v) is 6.13. The van der Waals surface area contributed by atoms with Gasteiger partial charge in [-0.1, -0.05) is 30.3 Å². The van der Waals surface area contributed by atoms with E-state index in [1.807, 2.05) is 41.3 Å². The van der Waals surface area contributed by atoms with Gasteiger partial charge in [0.25, 0.3) is 11.6 Å². The maximum Gasteiger partial charge on any atom is 0.292 e. The van der Waals surface area contributed by atoms with Crippen LogP contribution in [0.15, 0.2) is 76.2 Å². The monoisotopic (exact) mass is 423 g/mol. The van der Waals surface area contributed by atoms with Crippen LogP contribution in [0.25, 0.3) is 0 Å². The van der Waals surface area contributed by atoms with Crippen molar-refractivity contribution >= 4 is 29.0 Å². The fourth-order valence-electron chi connectivity index (χ4n) is 3.49. The Labute approximate surface area is 178 Å². The summed E-state index contributed by atoms with van der Waals surface area (Å²) in [5, 5.41) is 11.3. The molecule has 0 saturated carbocycles. The molecule has 0 aliphatic carbocycles. The van der Waals surface area contributed by atoms with Gasteiger partial charge in [0.2, 0.25) is 0 Å². The first-order chi connectivity index (χ1) is 14.6. The molecule has 30 heavy (non-hydrogen) atoms. The fraction of sp³-hybridized carbons (Fsp3) is 0.227. The molecule has 1 fully saturated rings. The van der Waals surface area contributed by atoms with E-state index in [4.69, 9.17) is 4.42 Å². The summed E-state index contributed by atoms with van der Waals surface area (Å²) in [5.74, 6) is 0.890. The Bertz CT molecular complexity index is 1030. The number of anilines is 1. The maximum atomic E-state index is 13.0. The Balaban J connectivity index is 1.40. The van der Waals surface area contributed by atoms with Crippen molar-refractivity contribution in [3.05, 3.63) is 88.4 Å². The number of nitrogens with zero attached hydrogens (tertiary/aromatic N) is 3. The summed E-state index contributed by atoms with van der Waals surface area (Å²) >= 11 is 1.66. The van der Waals surface area contributed by atoms with Crippen molar-refractivity contribution in [1.82, 2.24) is 4.90 Å². The lowest BCUT2D eigenvalue weighted by Gasteiger charge is -2.35. The van der Waals surface area contributed by atoms with Gasteiger partial charge in [-0.15, -0.1) is 11.8 Å². The van der Waals surface area contributed by atoms with Crippen molar-refractivity contribution in [2.45, 2.75) is 10.6 Å². The molecule has 1 aliphatic rings. The molecule has 1 aromatic heterocycles. The molecule has 1 amide bonds. The number of benzene rings is 2. The Morgan fingerprint density at radius 1 is 1.00 bits per heavy atom. The standard InChI is InChI=1S/C22H21N3O4S/c26-22(21-17(10-15-29-21)16-30-18-6-2-1-3-7-18)24-13-11-23(12-14-24)19-8-4-5-9-20(19)25(27)28/h1-10,15H,11-14,16H2. The number of hydrogen-bond donors (Lipinski definition) is 0. The number of nitro groups is 1. The molecule has 0 radical (unpaired) electrons. The van der Waals surface area contributed by atoms with E-state index in [-0.39, 0.29) is 16.5 Å². The minimum absolute atomic E-state index is 0.0866. The third-order valence-electron chi connectivity index (χ3n) is 5.06. The van der Waals surface area contributed by atoms with Gasteiger partial charge in [0.05, 0.1) is 11.2 Å². The van der Waals surface area contributed by atoms with E-state index in [1.54, 1.807) is 41.1 Å².